The van der Waals surface area contributed by atoms with Gasteiger partial charge >= 0.3 is 6.09 Å². The highest BCUT2D eigenvalue weighted by molar-refractivity contribution is 5.69. The molecule has 23 heavy (non-hydrogen) atoms. The maximum Gasteiger partial charge on any atom is 0.410 e. The molecule has 5 heteroatoms. The predicted molar refractivity (Wildman–Crippen MR) is 90.1 cm³/mol. The second-order valence-corrected chi connectivity index (χ2v) is 7.23. The van der Waals surface area contributed by atoms with E-state index in [1.165, 1.54) is 6.07 Å². The first-order chi connectivity index (χ1) is 10.8. The van der Waals surface area contributed by atoms with Crippen molar-refractivity contribution in [1.82, 2.24) is 4.90 Å². The van der Waals surface area contributed by atoms with Crippen molar-refractivity contribution in [2.75, 3.05) is 11.9 Å². The molecule has 1 aliphatic heterocycles. The van der Waals surface area contributed by atoms with Gasteiger partial charge in [-0.15, -0.1) is 0 Å². The Kier molecular flexibility index (Phi) is 5.50. The zero-order chi connectivity index (χ0) is 17.0. The summed E-state index contributed by atoms with van der Waals surface area (Å²) in [5, 5.41) is 3.19. The average molecular weight is 322 g/mol. The lowest BCUT2D eigenvalue weighted by atomic mass is 10.1. The number of amides is 1. The number of hydrogen-bond donors (Lipinski definition) is 1. The summed E-state index contributed by atoms with van der Waals surface area (Å²) in [4.78, 5) is 14.1. The highest BCUT2D eigenvalue weighted by Gasteiger charge is 2.32. The van der Waals surface area contributed by atoms with E-state index < -0.39 is 5.60 Å². The zero-order valence-electron chi connectivity index (χ0n) is 14.4. The molecule has 0 radical (unpaired) electrons. The van der Waals surface area contributed by atoms with E-state index in [0.717, 1.165) is 25.8 Å². The number of rotatable bonds is 4. The molecule has 0 saturated carbocycles. The minimum atomic E-state index is -0.485. The van der Waals surface area contributed by atoms with Crippen LogP contribution >= 0.6 is 0 Å². The van der Waals surface area contributed by atoms with Gasteiger partial charge in [0, 0.05) is 18.6 Å². The topological polar surface area (TPSA) is 41.6 Å². The number of halogens is 1. The molecule has 0 aromatic heterocycles. The summed E-state index contributed by atoms with van der Waals surface area (Å²) < 4.78 is 19.2. The molecule has 1 aliphatic rings. The number of nitrogens with zero attached hydrogens (tertiary/aromatic N) is 1. The van der Waals surface area contributed by atoms with E-state index in [9.17, 15) is 9.18 Å². The molecule has 2 atom stereocenters. The van der Waals surface area contributed by atoms with Crippen LogP contribution in [0.1, 0.15) is 47.0 Å². The first-order valence-corrected chi connectivity index (χ1v) is 8.27. The predicted octanol–water partition coefficient (Wildman–Crippen LogP) is 4.42. The van der Waals surface area contributed by atoms with Crippen molar-refractivity contribution in [3.8, 4) is 0 Å². The molecule has 1 amide bonds. The number of ether oxygens (including phenoxy) is 1. The molecule has 128 valence electrons. The second kappa shape index (κ2) is 7.20. The van der Waals surface area contributed by atoms with E-state index in [2.05, 4.69) is 5.32 Å². The molecule has 1 fully saturated rings. The fraction of sp³-hybridized carbons (Fsp3) is 0.611. The Morgan fingerprint density at radius 3 is 2.78 bits per heavy atom. The van der Waals surface area contributed by atoms with Gasteiger partial charge in [0.05, 0.1) is 5.69 Å². The first kappa shape index (κ1) is 17.6. The van der Waals surface area contributed by atoms with Crippen LogP contribution in [-0.2, 0) is 4.74 Å². The number of anilines is 1. The van der Waals surface area contributed by atoms with Crippen molar-refractivity contribution in [2.24, 2.45) is 0 Å². The van der Waals surface area contributed by atoms with Gasteiger partial charge in [0.1, 0.15) is 11.4 Å². The van der Waals surface area contributed by atoms with Crippen LogP contribution in [0.25, 0.3) is 0 Å². The lowest BCUT2D eigenvalue weighted by Crippen LogP contribution is -2.41. The van der Waals surface area contributed by atoms with Gasteiger partial charge in [-0.3, -0.25) is 0 Å². The molecule has 0 bridgehead atoms. The Bertz CT molecular complexity index is 542. The van der Waals surface area contributed by atoms with Crippen molar-refractivity contribution >= 4 is 11.8 Å². The SMILES string of the molecule is CC(CC1CCCN1C(=O)OC(C)(C)C)Nc1ccccc1F. The molecule has 1 N–H and O–H groups in total. The third kappa shape index (κ3) is 5.12. The minimum Gasteiger partial charge on any atom is -0.444 e. The summed E-state index contributed by atoms with van der Waals surface area (Å²) in [6.45, 7) is 8.36. The fourth-order valence-corrected chi connectivity index (χ4v) is 2.95. The standard InChI is InChI=1S/C18H27FN2O2/c1-13(20-16-10-6-5-9-15(16)19)12-14-8-7-11-21(14)17(22)23-18(2,3)4/h5-6,9-10,13-14,20H,7-8,11-12H2,1-4H3. The molecule has 1 aromatic carbocycles. The van der Waals surface area contributed by atoms with Crippen LogP contribution in [0.2, 0.25) is 0 Å². The average Bonchev–Trinajstić information content (AvgIpc) is 2.87. The Hall–Kier alpha value is -1.78. The van der Waals surface area contributed by atoms with Crippen LogP contribution in [0.4, 0.5) is 14.9 Å². The van der Waals surface area contributed by atoms with Gasteiger partial charge < -0.3 is 15.0 Å². The monoisotopic (exact) mass is 322 g/mol. The van der Waals surface area contributed by atoms with Gasteiger partial charge in [-0.2, -0.15) is 0 Å². The number of carbonyl (C=O) groups excluding carboxylic acids is 1. The maximum absolute atomic E-state index is 13.7. The molecular formula is C18H27FN2O2. The van der Waals surface area contributed by atoms with Gasteiger partial charge in [0.15, 0.2) is 0 Å². The summed E-state index contributed by atoms with van der Waals surface area (Å²) in [5.74, 6) is -0.255. The molecule has 2 unspecified atom stereocenters. The summed E-state index contributed by atoms with van der Waals surface area (Å²) in [6, 6.07) is 6.86. The zero-order valence-corrected chi connectivity index (χ0v) is 14.4. The van der Waals surface area contributed by atoms with Crippen molar-refractivity contribution < 1.29 is 13.9 Å². The fourth-order valence-electron chi connectivity index (χ4n) is 2.95. The van der Waals surface area contributed by atoms with Crippen LogP contribution < -0.4 is 5.32 Å². The first-order valence-electron chi connectivity index (χ1n) is 8.27. The van der Waals surface area contributed by atoms with Crippen LogP contribution in [0.3, 0.4) is 0 Å². The van der Waals surface area contributed by atoms with Gasteiger partial charge in [0.2, 0.25) is 0 Å². The van der Waals surface area contributed by atoms with Gasteiger partial charge in [0.25, 0.3) is 0 Å². The molecule has 0 aliphatic carbocycles. The summed E-state index contributed by atoms with van der Waals surface area (Å²) >= 11 is 0. The number of likely N-dealkylation sites (tertiary alicyclic amines) is 1. The highest BCUT2D eigenvalue weighted by atomic mass is 19.1. The molecule has 0 spiro atoms. The van der Waals surface area contributed by atoms with Crippen LogP contribution in [0, 0.1) is 5.82 Å². The molecular weight excluding hydrogens is 295 g/mol. The number of nitrogens with one attached hydrogen (secondary N) is 1. The Morgan fingerprint density at radius 2 is 2.13 bits per heavy atom. The molecule has 4 nitrogen and oxygen atoms in total. The van der Waals surface area contributed by atoms with E-state index >= 15 is 0 Å². The minimum absolute atomic E-state index is 0.0694. The molecule has 2 rings (SSSR count). The maximum atomic E-state index is 13.7. The van der Waals surface area contributed by atoms with Gasteiger partial charge in [-0.05, 0) is 59.1 Å². The third-order valence-corrected chi connectivity index (χ3v) is 3.91. The highest BCUT2D eigenvalue weighted by Crippen LogP contribution is 2.25. The van der Waals surface area contributed by atoms with E-state index in [0.29, 0.717) is 5.69 Å². The largest absolute Gasteiger partial charge is 0.444 e. The van der Waals surface area contributed by atoms with Crippen molar-refractivity contribution in [2.45, 2.75) is 64.6 Å². The normalized spacial score (nSPS) is 19.5. The number of para-hydroxylation sites is 1. The molecule has 1 aromatic rings. The lowest BCUT2D eigenvalue weighted by Gasteiger charge is -2.30. The van der Waals surface area contributed by atoms with Crippen molar-refractivity contribution in [3.63, 3.8) is 0 Å². The van der Waals surface area contributed by atoms with Crippen LogP contribution in [-0.4, -0.2) is 35.2 Å². The van der Waals surface area contributed by atoms with E-state index in [1.54, 1.807) is 18.2 Å². The Labute approximate surface area is 138 Å². The summed E-state index contributed by atoms with van der Waals surface area (Å²) in [6.07, 6.45) is 2.46. The van der Waals surface area contributed by atoms with E-state index in [1.807, 2.05) is 32.6 Å². The number of hydrogen-bond acceptors (Lipinski definition) is 3. The van der Waals surface area contributed by atoms with Gasteiger partial charge in [-0.1, -0.05) is 12.1 Å². The van der Waals surface area contributed by atoms with E-state index in [4.69, 9.17) is 4.74 Å². The lowest BCUT2D eigenvalue weighted by molar-refractivity contribution is 0.0218. The van der Waals surface area contributed by atoms with E-state index in [-0.39, 0.29) is 24.0 Å². The van der Waals surface area contributed by atoms with Gasteiger partial charge in [-0.25, -0.2) is 9.18 Å². The number of carbonyl (C=O) groups is 1. The smallest absolute Gasteiger partial charge is 0.410 e. The van der Waals surface area contributed by atoms with Crippen molar-refractivity contribution in [3.05, 3.63) is 30.1 Å². The second-order valence-electron chi connectivity index (χ2n) is 7.23. The summed E-state index contributed by atoms with van der Waals surface area (Å²) in [5.41, 5.74) is 0.0168. The summed E-state index contributed by atoms with van der Waals surface area (Å²) in [7, 11) is 0. The Morgan fingerprint density at radius 1 is 1.43 bits per heavy atom. The molecule has 1 heterocycles. The van der Waals surface area contributed by atoms with Crippen LogP contribution in [0.5, 0.6) is 0 Å². The Balaban J connectivity index is 1.93. The number of benzene rings is 1. The third-order valence-electron chi connectivity index (χ3n) is 3.91. The van der Waals surface area contributed by atoms with Crippen molar-refractivity contribution in [1.29, 1.82) is 0 Å². The van der Waals surface area contributed by atoms with Crippen LogP contribution in [0.15, 0.2) is 24.3 Å². The quantitative estimate of drug-likeness (QED) is 0.892. The molecule has 1 saturated heterocycles.